The van der Waals surface area contributed by atoms with E-state index in [1.807, 2.05) is 13.1 Å². The lowest BCUT2D eigenvalue weighted by molar-refractivity contribution is 0.160. The summed E-state index contributed by atoms with van der Waals surface area (Å²) in [6.45, 7) is 15.4. The van der Waals surface area contributed by atoms with Crippen LogP contribution in [-0.2, 0) is 4.43 Å². The first-order chi connectivity index (χ1) is 6.97. The first kappa shape index (κ1) is 16.6. The Balaban J connectivity index is 4.18. The third kappa shape index (κ3) is 8.69. The Bertz CT molecular complexity index is 208. The predicted octanol–water partition coefficient (Wildman–Crippen LogP) is 2.75. The van der Waals surface area contributed by atoms with E-state index in [-0.39, 0.29) is 14.7 Å². The highest BCUT2D eigenvalue weighted by molar-refractivity contribution is 6.71. The molecule has 0 unspecified atom stereocenters. The molecule has 2 nitrogen and oxygen atoms in total. The Morgan fingerprint density at radius 2 is 1.69 bits per heavy atom. The number of rotatable bonds is 7. The number of hydrogen-bond acceptors (Lipinski definition) is 2. The van der Waals surface area contributed by atoms with E-state index in [2.05, 4.69) is 33.5 Å². The Morgan fingerprint density at radius 3 is 2.00 bits per heavy atom. The molecule has 0 rings (SSSR count). The monoisotopic (exact) mass is 278 g/mol. The van der Waals surface area contributed by atoms with Crippen molar-refractivity contribution in [1.82, 2.24) is 0 Å². The van der Waals surface area contributed by atoms with E-state index in [1.165, 1.54) is 6.04 Å². The van der Waals surface area contributed by atoms with Gasteiger partial charge in [0.15, 0.2) is 16.6 Å². The van der Waals surface area contributed by atoms with Gasteiger partial charge in [0, 0.05) is 5.22 Å². The van der Waals surface area contributed by atoms with Crippen molar-refractivity contribution in [3.8, 4) is 0 Å². The molecule has 0 aromatic rings. The summed E-state index contributed by atoms with van der Waals surface area (Å²) >= 11 is 0. The SMILES string of the molecule is CC[C@@](C)(O[Si](C)(C)C)[SiH2]CC[Si](C)(C)O. The normalized spacial score (nSPS) is 18.0. The maximum absolute atomic E-state index is 9.85. The fourth-order valence-corrected chi connectivity index (χ4v) is 10.5. The Labute approximate surface area is 106 Å². The van der Waals surface area contributed by atoms with E-state index in [0.717, 1.165) is 12.5 Å². The van der Waals surface area contributed by atoms with E-state index in [4.69, 9.17) is 4.43 Å². The summed E-state index contributed by atoms with van der Waals surface area (Å²) in [4.78, 5) is 9.85. The van der Waals surface area contributed by atoms with Crippen molar-refractivity contribution < 1.29 is 9.22 Å². The van der Waals surface area contributed by atoms with Crippen LogP contribution in [0.15, 0.2) is 0 Å². The quantitative estimate of drug-likeness (QED) is 0.726. The van der Waals surface area contributed by atoms with Gasteiger partial charge in [-0.1, -0.05) is 13.0 Å². The van der Waals surface area contributed by atoms with Gasteiger partial charge in [-0.15, -0.1) is 0 Å². The fraction of sp³-hybridized carbons (Fsp3) is 1.00. The van der Waals surface area contributed by atoms with Gasteiger partial charge >= 0.3 is 0 Å². The molecule has 0 aromatic carbocycles. The lowest BCUT2D eigenvalue weighted by Crippen LogP contribution is -2.44. The van der Waals surface area contributed by atoms with Gasteiger partial charge in [0.1, 0.15) is 0 Å². The molecule has 16 heavy (non-hydrogen) atoms. The van der Waals surface area contributed by atoms with E-state index in [0.29, 0.717) is 0 Å². The molecule has 0 radical (unpaired) electrons. The van der Waals surface area contributed by atoms with Crippen LogP contribution >= 0.6 is 0 Å². The van der Waals surface area contributed by atoms with Crippen LogP contribution in [0.25, 0.3) is 0 Å². The Morgan fingerprint density at radius 1 is 1.19 bits per heavy atom. The van der Waals surface area contributed by atoms with Gasteiger partial charge in [0.25, 0.3) is 0 Å². The second-order valence-corrected chi connectivity index (χ2v) is 17.9. The molecule has 0 amide bonds. The minimum absolute atomic E-state index is 0.157. The zero-order valence-corrected chi connectivity index (χ0v) is 15.6. The predicted molar refractivity (Wildman–Crippen MR) is 81.0 cm³/mol. The van der Waals surface area contributed by atoms with Gasteiger partial charge in [-0.3, -0.25) is 0 Å². The van der Waals surface area contributed by atoms with Crippen molar-refractivity contribution in [2.45, 2.75) is 70.3 Å². The van der Waals surface area contributed by atoms with Crippen LogP contribution in [0.3, 0.4) is 0 Å². The summed E-state index contributed by atoms with van der Waals surface area (Å²) in [6.07, 6.45) is 1.12. The van der Waals surface area contributed by atoms with E-state index in [9.17, 15) is 4.80 Å². The van der Waals surface area contributed by atoms with Crippen molar-refractivity contribution in [3.05, 3.63) is 0 Å². The van der Waals surface area contributed by atoms with Gasteiger partial charge < -0.3 is 9.22 Å². The molecule has 0 aliphatic rings. The maximum atomic E-state index is 9.85. The summed E-state index contributed by atoms with van der Waals surface area (Å²) in [5.41, 5.74) is 0. The Hall–Kier alpha value is 0.571. The van der Waals surface area contributed by atoms with Crippen LogP contribution in [0.5, 0.6) is 0 Å². The van der Waals surface area contributed by atoms with E-state index < -0.39 is 16.6 Å². The van der Waals surface area contributed by atoms with Gasteiger partial charge in [-0.2, -0.15) is 0 Å². The minimum Gasteiger partial charge on any atom is -0.432 e. The van der Waals surface area contributed by atoms with Gasteiger partial charge in [0.05, 0.1) is 9.52 Å². The van der Waals surface area contributed by atoms with E-state index >= 15 is 0 Å². The highest BCUT2D eigenvalue weighted by Crippen LogP contribution is 2.23. The van der Waals surface area contributed by atoms with Crippen molar-refractivity contribution in [2.24, 2.45) is 0 Å². The highest BCUT2D eigenvalue weighted by atomic mass is 28.4. The lowest BCUT2D eigenvalue weighted by Gasteiger charge is -2.36. The lowest BCUT2D eigenvalue weighted by atomic mass is 10.3. The summed E-state index contributed by atoms with van der Waals surface area (Å²) in [7, 11) is -3.51. The van der Waals surface area contributed by atoms with Crippen LogP contribution in [-0.4, -0.2) is 36.2 Å². The van der Waals surface area contributed by atoms with Crippen LogP contribution in [0, 0.1) is 0 Å². The molecule has 0 saturated heterocycles. The summed E-state index contributed by atoms with van der Waals surface area (Å²) in [6, 6.07) is 2.27. The largest absolute Gasteiger partial charge is 0.432 e. The summed E-state index contributed by atoms with van der Waals surface area (Å²) < 4.78 is 6.32. The molecule has 0 bridgehead atoms. The molecule has 98 valence electrons. The summed E-state index contributed by atoms with van der Waals surface area (Å²) in [5.74, 6) is 0. The second-order valence-electron chi connectivity index (χ2n) is 6.68. The summed E-state index contributed by atoms with van der Waals surface area (Å²) in [5, 5.41) is 0.157. The average molecular weight is 279 g/mol. The minimum atomic E-state index is -1.84. The molecular weight excluding hydrogens is 248 g/mol. The van der Waals surface area contributed by atoms with Gasteiger partial charge in [0.2, 0.25) is 0 Å². The third-order valence-corrected chi connectivity index (χ3v) is 8.88. The molecule has 1 atom stereocenters. The molecule has 0 fully saturated rings. The van der Waals surface area contributed by atoms with Crippen LogP contribution in [0.1, 0.15) is 20.3 Å². The zero-order chi connectivity index (χ0) is 13.0. The average Bonchev–Trinajstić information content (AvgIpc) is 1.98. The van der Waals surface area contributed by atoms with Crippen LogP contribution < -0.4 is 0 Å². The number of hydrogen-bond donors (Lipinski definition) is 1. The standard InChI is InChI=1S/C11H30O2Si3/c1-8-11(2,13-15(3,4)5)14-9-10-16(6,7)12/h12H,8-10,14H2,1-7H3/t11-/m0/s1. The molecule has 5 heteroatoms. The first-order valence-electron chi connectivity index (χ1n) is 6.40. The molecule has 0 aliphatic heterocycles. The van der Waals surface area contributed by atoms with Crippen molar-refractivity contribution >= 4 is 26.2 Å². The zero-order valence-electron chi connectivity index (χ0n) is 12.2. The maximum Gasteiger partial charge on any atom is 0.184 e. The third-order valence-electron chi connectivity index (χ3n) is 2.79. The van der Waals surface area contributed by atoms with Gasteiger partial charge in [-0.05, 0) is 52.1 Å². The van der Waals surface area contributed by atoms with Crippen LogP contribution in [0.2, 0.25) is 44.8 Å². The molecule has 0 saturated carbocycles. The van der Waals surface area contributed by atoms with Crippen LogP contribution in [0.4, 0.5) is 0 Å². The van der Waals surface area contributed by atoms with Crippen molar-refractivity contribution in [1.29, 1.82) is 0 Å². The van der Waals surface area contributed by atoms with Gasteiger partial charge in [-0.25, -0.2) is 0 Å². The molecule has 0 aromatic heterocycles. The van der Waals surface area contributed by atoms with E-state index in [1.54, 1.807) is 0 Å². The Kier molecular flexibility index (Phi) is 6.16. The fourth-order valence-electron chi connectivity index (χ4n) is 1.93. The molecule has 0 aliphatic carbocycles. The smallest absolute Gasteiger partial charge is 0.184 e. The molecule has 0 spiro atoms. The van der Waals surface area contributed by atoms with Crippen molar-refractivity contribution in [3.63, 3.8) is 0 Å². The molecule has 1 N–H and O–H groups in total. The second kappa shape index (κ2) is 5.95. The topological polar surface area (TPSA) is 29.5 Å². The molecular formula is C11H30O2Si3. The first-order valence-corrected chi connectivity index (χ1v) is 14.7. The van der Waals surface area contributed by atoms with Crippen molar-refractivity contribution in [2.75, 3.05) is 0 Å². The molecule has 0 heterocycles. The highest BCUT2D eigenvalue weighted by Gasteiger charge is 2.30.